The molecule has 0 spiro atoms. The first-order chi connectivity index (χ1) is 14.1. The van der Waals surface area contributed by atoms with E-state index in [-0.39, 0.29) is 11.8 Å². The molecule has 1 aliphatic heterocycles. The van der Waals surface area contributed by atoms with Gasteiger partial charge in [-0.25, -0.2) is 4.79 Å². The molecule has 0 radical (unpaired) electrons. The van der Waals surface area contributed by atoms with Gasteiger partial charge in [0, 0.05) is 16.7 Å². The van der Waals surface area contributed by atoms with Crippen LogP contribution in [0.3, 0.4) is 0 Å². The molecule has 1 fully saturated rings. The summed E-state index contributed by atoms with van der Waals surface area (Å²) in [7, 11) is 0. The lowest BCUT2D eigenvalue weighted by Crippen LogP contribution is -2.28. The molecule has 5 rings (SSSR count). The van der Waals surface area contributed by atoms with Gasteiger partial charge >= 0.3 is 6.09 Å². The first-order valence-corrected chi connectivity index (χ1v) is 9.38. The Hall–Kier alpha value is -3.85. The summed E-state index contributed by atoms with van der Waals surface area (Å²) >= 11 is 0. The second-order valence-corrected chi connectivity index (χ2v) is 7.19. The summed E-state index contributed by atoms with van der Waals surface area (Å²) in [5.74, 6) is 0.851. The molecule has 0 bridgehead atoms. The van der Waals surface area contributed by atoms with E-state index in [1.165, 1.54) is 0 Å². The highest BCUT2D eigenvalue weighted by Gasteiger charge is 2.42. The molecule has 6 heteroatoms. The van der Waals surface area contributed by atoms with Gasteiger partial charge in [0.25, 0.3) is 5.91 Å². The average molecular weight is 384 g/mol. The number of ether oxygens (including phenoxy) is 2. The maximum absolute atomic E-state index is 12.0. The largest absolute Gasteiger partial charge is 0.457 e. The van der Waals surface area contributed by atoms with E-state index in [2.05, 4.69) is 11.4 Å². The predicted molar refractivity (Wildman–Crippen MR) is 105 cm³/mol. The quantitative estimate of drug-likeness (QED) is 0.732. The molecule has 2 atom stereocenters. The van der Waals surface area contributed by atoms with Crippen LogP contribution in [-0.4, -0.2) is 18.1 Å². The number of fused-ring (bicyclic) bond motifs is 2. The number of rotatable bonds is 3. The Morgan fingerprint density at radius 2 is 1.90 bits per heavy atom. The fourth-order valence-corrected chi connectivity index (χ4v) is 4.22. The van der Waals surface area contributed by atoms with Crippen molar-refractivity contribution in [3.05, 3.63) is 71.3 Å². The third kappa shape index (κ3) is 2.88. The Morgan fingerprint density at radius 3 is 2.66 bits per heavy atom. The van der Waals surface area contributed by atoms with Crippen molar-refractivity contribution in [1.29, 1.82) is 5.26 Å². The van der Waals surface area contributed by atoms with E-state index in [0.29, 0.717) is 17.1 Å². The molecule has 2 aliphatic rings. The molecule has 2 amide bonds. The number of alkyl carbamates (subject to hydrolysis) is 1. The van der Waals surface area contributed by atoms with Crippen LogP contribution >= 0.6 is 0 Å². The van der Waals surface area contributed by atoms with Crippen LogP contribution in [0.4, 0.5) is 4.79 Å². The van der Waals surface area contributed by atoms with Crippen LogP contribution in [0.15, 0.2) is 54.6 Å². The molecule has 29 heavy (non-hydrogen) atoms. The summed E-state index contributed by atoms with van der Waals surface area (Å²) in [4.78, 5) is 23.3. The number of hydrogen-bond acceptors (Lipinski definition) is 5. The first-order valence-electron chi connectivity index (χ1n) is 9.38. The molecule has 6 nitrogen and oxygen atoms in total. The summed E-state index contributed by atoms with van der Waals surface area (Å²) in [6.45, 7) is 0. The molecule has 142 valence electrons. The molecular weight excluding hydrogens is 368 g/mol. The van der Waals surface area contributed by atoms with Gasteiger partial charge in [-0.3, -0.25) is 10.1 Å². The fraction of sp³-hybridized carbons (Fsp3) is 0.174. The third-order valence-electron chi connectivity index (χ3n) is 5.55. The van der Waals surface area contributed by atoms with Gasteiger partial charge in [0.1, 0.15) is 11.5 Å². The number of nitrogens with one attached hydrogen (secondary N) is 1. The number of cyclic esters (lactones) is 1. The number of amides is 2. The summed E-state index contributed by atoms with van der Waals surface area (Å²) < 4.78 is 11.3. The molecule has 0 aromatic heterocycles. The maximum Gasteiger partial charge on any atom is 0.414 e. The van der Waals surface area contributed by atoms with Crippen molar-refractivity contribution in [2.75, 3.05) is 0 Å². The normalized spacial score (nSPS) is 20.1. The smallest absolute Gasteiger partial charge is 0.414 e. The first kappa shape index (κ1) is 17.3. The van der Waals surface area contributed by atoms with Crippen molar-refractivity contribution < 1.29 is 19.1 Å². The minimum absolute atomic E-state index is 0.138. The van der Waals surface area contributed by atoms with Gasteiger partial charge in [-0.1, -0.05) is 30.3 Å². The molecule has 1 aliphatic carbocycles. The second-order valence-electron chi connectivity index (χ2n) is 7.19. The predicted octanol–water partition coefficient (Wildman–Crippen LogP) is 4.17. The minimum atomic E-state index is -0.766. The molecule has 1 saturated heterocycles. The Bertz CT molecular complexity index is 1210. The van der Waals surface area contributed by atoms with E-state index in [9.17, 15) is 14.9 Å². The van der Waals surface area contributed by atoms with E-state index in [1.807, 2.05) is 42.5 Å². The van der Waals surface area contributed by atoms with Crippen LogP contribution < -0.4 is 10.1 Å². The van der Waals surface area contributed by atoms with Crippen molar-refractivity contribution >= 4 is 22.8 Å². The van der Waals surface area contributed by atoms with Crippen LogP contribution in [-0.2, 0) is 16.0 Å². The zero-order valence-corrected chi connectivity index (χ0v) is 15.3. The Balaban J connectivity index is 1.45. The van der Waals surface area contributed by atoms with Crippen LogP contribution in [0.25, 0.3) is 10.8 Å². The third-order valence-corrected chi connectivity index (χ3v) is 5.55. The molecule has 1 heterocycles. The summed E-state index contributed by atoms with van der Waals surface area (Å²) in [5.41, 5.74) is 2.70. The van der Waals surface area contributed by atoms with Crippen molar-refractivity contribution in [3.8, 4) is 17.6 Å². The van der Waals surface area contributed by atoms with Gasteiger partial charge < -0.3 is 9.47 Å². The lowest BCUT2D eigenvalue weighted by Gasteiger charge is -2.16. The standard InChI is InChI=1S/C23H16N2O4/c24-12-14-6-10-20(18-4-2-1-3-16(14)18)28-15-7-9-17-13(11-15)5-8-19(17)21-22(26)25-23(27)29-21/h1-4,6-7,9-11,19,21H,5,8H2,(H,25,26,27)/t19-,21+/m1/s1. The Kier molecular flexibility index (Phi) is 3.95. The van der Waals surface area contributed by atoms with E-state index in [1.54, 1.807) is 12.1 Å². The number of imide groups is 1. The number of benzene rings is 3. The summed E-state index contributed by atoms with van der Waals surface area (Å²) in [6, 6.07) is 19.2. The zero-order valence-electron chi connectivity index (χ0n) is 15.3. The maximum atomic E-state index is 12.0. The topological polar surface area (TPSA) is 88.4 Å². The molecule has 3 aromatic carbocycles. The molecule has 1 N–H and O–H groups in total. The summed E-state index contributed by atoms with van der Waals surface area (Å²) in [5, 5.41) is 13.2. The molecule has 0 saturated carbocycles. The fourth-order valence-electron chi connectivity index (χ4n) is 4.22. The zero-order chi connectivity index (χ0) is 20.0. The van der Waals surface area contributed by atoms with Crippen molar-refractivity contribution in [2.45, 2.75) is 24.9 Å². The van der Waals surface area contributed by atoms with Gasteiger partial charge in [0.05, 0.1) is 11.6 Å². The van der Waals surface area contributed by atoms with Crippen molar-refractivity contribution in [2.24, 2.45) is 0 Å². The molecule has 0 unspecified atom stereocenters. The van der Waals surface area contributed by atoms with Gasteiger partial charge in [0.15, 0.2) is 6.10 Å². The van der Waals surface area contributed by atoms with Crippen LogP contribution in [0, 0.1) is 11.3 Å². The Labute approximate surface area is 166 Å². The summed E-state index contributed by atoms with van der Waals surface area (Å²) in [6.07, 6.45) is 0.0791. The number of aryl methyl sites for hydroxylation is 1. The van der Waals surface area contributed by atoms with E-state index in [4.69, 9.17) is 9.47 Å². The molecule has 3 aromatic rings. The van der Waals surface area contributed by atoms with E-state index >= 15 is 0 Å². The highest BCUT2D eigenvalue weighted by molar-refractivity contribution is 6.00. The lowest BCUT2D eigenvalue weighted by molar-refractivity contribution is -0.124. The highest BCUT2D eigenvalue weighted by Crippen LogP contribution is 2.40. The minimum Gasteiger partial charge on any atom is -0.457 e. The molecular formula is C23H16N2O4. The lowest BCUT2D eigenvalue weighted by atomic mass is 9.95. The monoisotopic (exact) mass is 384 g/mol. The van der Waals surface area contributed by atoms with Crippen molar-refractivity contribution in [1.82, 2.24) is 5.32 Å². The van der Waals surface area contributed by atoms with Crippen LogP contribution in [0.1, 0.15) is 29.0 Å². The second kappa shape index (κ2) is 6.64. The van der Waals surface area contributed by atoms with Gasteiger partial charge in [-0.05, 0) is 48.2 Å². The van der Waals surface area contributed by atoms with Gasteiger partial charge in [-0.15, -0.1) is 0 Å². The average Bonchev–Trinajstić information content (AvgIpc) is 3.29. The number of carbonyl (C=O) groups excluding carboxylic acids is 2. The SMILES string of the molecule is N#Cc1ccc(Oc2ccc3c(c2)CC[C@H]3[C@@H]2OC(=O)NC2=O)c2ccccc12. The van der Waals surface area contributed by atoms with Gasteiger partial charge in [-0.2, -0.15) is 5.26 Å². The Morgan fingerprint density at radius 1 is 1.07 bits per heavy atom. The van der Waals surface area contributed by atoms with Crippen molar-refractivity contribution in [3.63, 3.8) is 0 Å². The van der Waals surface area contributed by atoms with E-state index < -0.39 is 12.2 Å². The van der Waals surface area contributed by atoms with Crippen LogP contribution in [0.5, 0.6) is 11.5 Å². The van der Waals surface area contributed by atoms with Crippen LogP contribution in [0.2, 0.25) is 0 Å². The highest BCUT2D eigenvalue weighted by atomic mass is 16.6. The number of nitrogens with zero attached hydrogens (tertiary/aromatic N) is 1. The van der Waals surface area contributed by atoms with Gasteiger partial charge in [0.2, 0.25) is 0 Å². The number of hydrogen-bond donors (Lipinski definition) is 1. The number of nitriles is 1. The van der Waals surface area contributed by atoms with E-state index in [0.717, 1.165) is 34.7 Å². The number of carbonyl (C=O) groups is 2.